The highest BCUT2D eigenvalue weighted by Crippen LogP contribution is 2.24. The van der Waals surface area contributed by atoms with Crippen LogP contribution in [0, 0.1) is 0 Å². The number of rotatable bonds is 1. The Bertz CT molecular complexity index is 175. The van der Waals surface area contributed by atoms with Gasteiger partial charge in [-0.2, -0.15) is 0 Å². The van der Waals surface area contributed by atoms with E-state index in [1.807, 2.05) is 4.90 Å². The molecule has 2 aliphatic rings. The van der Waals surface area contributed by atoms with Crippen molar-refractivity contribution in [2.75, 3.05) is 13.1 Å². The van der Waals surface area contributed by atoms with E-state index < -0.39 is 0 Å². The van der Waals surface area contributed by atoms with E-state index in [1.54, 1.807) is 0 Å². The van der Waals surface area contributed by atoms with Crippen molar-refractivity contribution in [3.8, 4) is 0 Å². The number of carbonyl (C=O) groups is 1. The largest absolute Gasteiger partial charge is 0.338 e. The predicted molar refractivity (Wildman–Crippen MR) is 47.0 cm³/mol. The molecule has 3 nitrogen and oxygen atoms in total. The van der Waals surface area contributed by atoms with Crippen LogP contribution in [0.3, 0.4) is 0 Å². The zero-order chi connectivity index (χ0) is 8.39. The van der Waals surface area contributed by atoms with Crippen LogP contribution in [-0.4, -0.2) is 30.1 Å². The minimum absolute atomic E-state index is 0.160. The first-order valence-corrected chi connectivity index (χ1v) is 4.92. The van der Waals surface area contributed by atoms with Gasteiger partial charge in [0.15, 0.2) is 0 Å². The first-order valence-electron chi connectivity index (χ1n) is 4.92. The molecule has 1 aliphatic heterocycles. The zero-order valence-electron chi connectivity index (χ0n) is 7.38. The summed E-state index contributed by atoms with van der Waals surface area (Å²) in [6.45, 7) is 1.83. The van der Waals surface area contributed by atoms with Crippen LogP contribution in [0.25, 0.3) is 0 Å². The van der Waals surface area contributed by atoms with E-state index in [0.29, 0.717) is 6.04 Å². The highest BCUT2D eigenvalue weighted by atomic mass is 16.2. The molecule has 0 bridgehead atoms. The van der Waals surface area contributed by atoms with Crippen molar-refractivity contribution in [2.45, 2.75) is 38.1 Å². The SMILES string of the molecule is O=C1NCCCN1C1CCCC1. The van der Waals surface area contributed by atoms with Crippen molar-refractivity contribution in [1.29, 1.82) is 0 Å². The van der Waals surface area contributed by atoms with E-state index in [-0.39, 0.29) is 6.03 Å². The summed E-state index contributed by atoms with van der Waals surface area (Å²) in [5.41, 5.74) is 0. The Balaban J connectivity index is 1.95. The van der Waals surface area contributed by atoms with Gasteiger partial charge in [0.1, 0.15) is 0 Å². The molecule has 2 fully saturated rings. The lowest BCUT2D eigenvalue weighted by Crippen LogP contribution is -2.50. The van der Waals surface area contributed by atoms with Gasteiger partial charge in [-0.05, 0) is 19.3 Å². The van der Waals surface area contributed by atoms with E-state index >= 15 is 0 Å². The Labute approximate surface area is 73.1 Å². The highest BCUT2D eigenvalue weighted by molar-refractivity contribution is 5.75. The number of urea groups is 1. The normalized spacial score (nSPS) is 26.0. The van der Waals surface area contributed by atoms with Gasteiger partial charge in [0.2, 0.25) is 0 Å². The van der Waals surface area contributed by atoms with Crippen LogP contribution in [0.2, 0.25) is 0 Å². The van der Waals surface area contributed by atoms with E-state index in [2.05, 4.69) is 5.32 Å². The standard InChI is InChI=1S/C9H16N2O/c12-9-10-6-3-7-11(9)8-4-1-2-5-8/h8H,1-7H2,(H,10,12). The van der Waals surface area contributed by atoms with E-state index in [9.17, 15) is 4.79 Å². The fourth-order valence-corrected chi connectivity index (χ4v) is 2.21. The molecule has 1 N–H and O–H groups in total. The van der Waals surface area contributed by atoms with Crippen molar-refractivity contribution >= 4 is 6.03 Å². The second-order valence-electron chi connectivity index (χ2n) is 3.72. The van der Waals surface area contributed by atoms with Crippen molar-refractivity contribution in [3.63, 3.8) is 0 Å². The predicted octanol–water partition coefficient (Wildman–Crippen LogP) is 1.34. The fraction of sp³-hybridized carbons (Fsp3) is 0.889. The minimum Gasteiger partial charge on any atom is -0.338 e. The Hall–Kier alpha value is -0.730. The molecule has 68 valence electrons. The number of carbonyl (C=O) groups excluding carboxylic acids is 1. The lowest BCUT2D eigenvalue weighted by Gasteiger charge is -2.32. The molecule has 0 radical (unpaired) electrons. The summed E-state index contributed by atoms with van der Waals surface area (Å²) in [7, 11) is 0. The van der Waals surface area contributed by atoms with Crippen LogP contribution in [-0.2, 0) is 0 Å². The van der Waals surface area contributed by atoms with Crippen LogP contribution in [0.4, 0.5) is 4.79 Å². The summed E-state index contributed by atoms with van der Waals surface area (Å²) in [6.07, 6.45) is 6.14. The molecule has 1 aliphatic carbocycles. The van der Waals surface area contributed by atoms with Gasteiger partial charge in [-0.1, -0.05) is 12.8 Å². The summed E-state index contributed by atoms with van der Waals surface area (Å²) in [5, 5.41) is 2.90. The van der Waals surface area contributed by atoms with Crippen LogP contribution in [0.5, 0.6) is 0 Å². The molecule has 0 spiro atoms. The summed E-state index contributed by atoms with van der Waals surface area (Å²) in [5.74, 6) is 0. The monoisotopic (exact) mass is 168 g/mol. The Kier molecular flexibility index (Phi) is 2.19. The third-order valence-corrected chi connectivity index (χ3v) is 2.88. The van der Waals surface area contributed by atoms with Gasteiger partial charge in [0.25, 0.3) is 0 Å². The molecule has 0 aromatic rings. The van der Waals surface area contributed by atoms with Gasteiger partial charge in [0.05, 0.1) is 0 Å². The molecule has 3 heteroatoms. The first kappa shape index (κ1) is 7.90. The maximum Gasteiger partial charge on any atom is 0.317 e. The van der Waals surface area contributed by atoms with Crippen molar-refractivity contribution in [2.24, 2.45) is 0 Å². The number of nitrogens with one attached hydrogen (secondary N) is 1. The molecular weight excluding hydrogens is 152 g/mol. The average Bonchev–Trinajstić information content (AvgIpc) is 2.57. The Morgan fingerprint density at radius 2 is 2.00 bits per heavy atom. The summed E-state index contributed by atoms with van der Waals surface area (Å²) in [6, 6.07) is 0.707. The van der Waals surface area contributed by atoms with Crippen LogP contribution in [0.15, 0.2) is 0 Å². The lowest BCUT2D eigenvalue weighted by atomic mass is 10.2. The maximum atomic E-state index is 11.4. The van der Waals surface area contributed by atoms with Crippen molar-refractivity contribution in [1.82, 2.24) is 10.2 Å². The molecule has 1 saturated heterocycles. The third-order valence-electron chi connectivity index (χ3n) is 2.88. The van der Waals surface area contributed by atoms with E-state index in [0.717, 1.165) is 19.5 Å². The minimum atomic E-state index is 0.160. The molecule has 0 aromatic heterocycles. The molecule has 1 saturated carbocycles. The third kappa shape index (κ3) is 1.40. The van der Waals surface area contributed by atoms with E-state index in [1.165, 1.54) is 25.7 Å². The van der Waals surface area contributed by atoms with Crippen LogP contribution in [0.1, 0.15) is 32.1 Å². The summed E-state index contributed by atoms with van der Waals surface area (Å²) in [4.78, 5) is 13.4. The number of amides is 2. The zero-order valence-corrected chi connectivity index (χ0v) is 7.38. The number of nitrogens with zero attached hydrogens (tertiary/aromatic N) is 1. The molecular formula is C9H16N2O. The van der Waals surface area contributed by atoms with Gasteiger partial charge >= 0.3 is 6.03 Å². The quantitative estimate of drug-likeness (QED) is 0.629. The first-order chi connectivity index (χ1) is 5.88. The highest BCUT2D eigenvalue weighted by Gasteiger charge is 2.27. The van der Waals surface area contributed by atoms with Gasteiger partial charge < -0.3 is 10.2 Å². The van der Waals surface area contributed by atoms with E-state index in [4.69, 9.17) is 0 Å². The van der Waals surface area contributed by atoms with Gasteiger partial charge in [-0.3, -0.25) is 0 Å². The Morgan fingerprint density at radius 1 is 1.25 bits per heavy atom. The van der Waals surface area contributed by atoms with Crippen LogP contribution >= 0.6 is 0 Å². The van der Waals surface area contributed by atoms with Crippen LogP contribution < -0.4 is 5.32 Å². The number of hydrogen-bond donors (Lipinski definition) is 1. The molecule has 0 unspecified atom stereocenters. The maximum absolute atomic E-state index is 11.4. The van der Waals surface area contributed by atoms with Gasteiger partial charge in [-0.25, -0.2) is 4.79 Å². The summed E-state index contributed by atoms with van der Waals surface area (Å²) < 4.78 is 0. The van der Waals surface area contributed by atoms with Crippen molar-refractivity contribution < 1.29 is 4.79 Å². The van der Waals surface area contributed by atoms with Gasteiger partial charge in [-0.15, -0.1) is 0 Å². The second-order valence-corrected chi connectivity index (χ2v) is 3.72. The molecule has 1 heterocycles. The molecule has 2 rings (SSSR count). The molecule has 12 heavy (non-hydrogen) atoms. The molecule has 0 atom stereocenters. The summed E-state index contributed by atoms with van der Waals surface area (Å²) >= 11 is 0. The lowest BCUT2D eigenvalue weighted by molar-refractivity contribution is 0.162. The topological polar surface area (TPSA) is 32.3 Å². The smallest absolute Gasteiger partial charge is 0.317 e. The van der Waals surface area contributed by atoms with Crippen molar-refractivity contribution in [3.05, 3.63) is 0 Å². The Morgan fingerprint density at radius 3 is 2.67 bits per heavy atom. The number of hydrogen-bond acceptors (Lipinski definition) is 1. The van der Waals surface area contributed by atoms with Gasteiger partial charge in [0, 0.05) is 19.1 Å². The molecule has 2 amide bonds. The fourth-order valence-electron chi connectivity index (χ4n) is 2.21. The molecule has 0 aromatic carbocycles. The second kappa shape index (κ2) is 3.33. The average molecular weight is 168 g/mol.